The van der Waals surface area contributed by atoms with Crippen molar-refractivity contribution >= 4 is 11.6 Å². The molecule has 1 saturated heterocycles. The molecule has 2 aromatic rings. The van der Waals surface area contributed by atoms with Crippen molar-refractivity contribution in [2.75, 3.05) is 24.5 Å². The molecule has 4 rings (SSSR count). The van der Waals surface area contributed by atoms with E-state index in [9.17, 15) is 4.79 Å². The second kappa shape index (κ2) is 6.65. The van der Waals surface area contributed by atoms with Crippen molar-refractivity contribution < 1.29 is 4.79 Å². The summed E-state index contributed by atoms with van der Waals surface area (Å²) in [5, 5.41) is 6.47. The summed E-state index contributed by atoms with van der Waals surface area (Å²) in [5.74, 6) is 0.581. The molecule has 0 saturated carbocycles. The van der Waals surface area contributed by atoms with Crippen LogP contribution >= 0.6 is 0 Å². The Labute approximate surface area is 142 Å². The smallest absolute Gasteiger partial charge is 0.251 e. The maximum absolute atomic E-state index is 12.6. The van der Waals surface area contributed by atoms with E-state index in [1.807, 2.05) is 18.2 Å². The largest absolute Gasteiger partial charge is 0.371 e. The Morgan fingerprint density at radius 1 is 1.12 bits per heavy atom. The van der Waals surface area contributed by atoms with Crippen LogP contribution in [0.25, 0.3) is 0 Å². The van der Waals surface area contributed by atoms with E-state index >= 15 is 0 Å². The monoisotopic (exact) mass is 321 g/mol. The van der Waals surface area contributed by atoms with E-state index in [0.29, 0.717) is 5.92 Å². The zero-order chi connectivity index (χ0) is 16.4. The normalized spacial score (nSPS) is 19.3. The molecule has 0 bridgehead atoms. The highest BCUT2D eigenvalue weighted by Crippen LogP contribution is 2.23. The van der Waals surface area contributed by atoms with Crippen LogP contribution in [0, 0.1) is 5.92 Å². The Balaban J connectivity index is 1.35. The number of amides is 1. The lowest BCUT2D eigenvalue weighted by atomic mass is 10.0. The first-order chi connectivity index (χ1) is 11.8. The highest BCUT2D eigenvalue weighted by Gasteiger charge is 2.24. The second-order valence-corrected chi connectivity index (χ2v) is 6.69. The summed E-state index contributed by atoms with van der Waals surface area (Å²) in [4.78, 5) is 15.0. The standard InChI is InChI=1S/C20H23N3O/c24-20(18-8-4-5-16-12-21-13-19(16)18)22-11-15-9-10-23(14-15)17-6-2-1-3-7-17/h1-8,15,21H,9-14H2,(H,22,24). The third-order valence-corrected chi connectivity index (χ3v) is 5.09. The Kier molecular flexibility index (Phi) is 4.22. The molecule has 1 amide bonds. The Morgan fingerprint density at radius 2 is 2.00 bits per heavy atom. The van der Waals surface area contributed by atoms with Crippen LogP contribution in [0.3, 0.4) is 0 Å². The molecular formula is C20H23N3O. The lowest BCUT2D eigenvalue weighted by molar-refractivity contribution is 0.0947. The van der Waals surface area contributed by atoms with Gasteiger partial charge in [0.15, 0.2) is 0 Å². The molecule has 0 aromatic heterocycles. The average molecular weight is 321 g/mol. The maximum atomic E-state index is 12.6. The van der Waals surface area contributed by atoms with Gasteiger partial charge in [-0.2, -0.15) is 0 Å². The minimum Gasteiger partial charge on any atom is -0.371 e. The molecule has 1 unspecified atom stereocenters. The number of nitrogens with one attached hydrogen (secondary N) is 2. The van der Waals surface area contributed by atoms with Crippen LogP contribution in [-0.4, -0.2) is 25.5 Å². The third kappa shape index (κ3) is 3.02. The number of nitrogens with zero attached hydrogens (tertiary/aromatic N) is 1. The van der Waals surface area contributed by atoms with Crippen LogP contribution < -0.4 is 15.5 Å². The molecule has 1 atom stereocenters. The summed E-state index contributed by atoms with van der Waals surface area (Å²) in [5.41, 5.74) is 4.51. The van der Waals surface area contributed by atoms with E-state index in [2.05, 4.69) is 45.9 Å². The first kappa shape index (κ1) is 15.2. The van der Waals surface area contributed by atoms with Gasteiger partial charge in [0.05, 0.1) is 0 Å². The van der Waals surface area contributed by atoms with Gasteiger partial charge in [0.1, 0.15) is 0 Å². The van der Waals surface area contributed by atoms with Gasteiger partial charge < -0.3 is 15.5 Å². The highest BCUT2D eigenvalue weighted by molar-refractivity contribution is 5.96. The zero-order valence-electron chi connectivity index (χ0n) is 13.8. The van der Waals surface area contributed by atoms with E-state index in [4.69, 9.17) is 0 Å². The Bertz CT molecular complexity index is 729. The molecule has 2 N–H and O–H groups in total. The van der Waals surface area contributed by atoms with Gasteiger partial charge in [0.2, 0.25) is 0 Å². The second-order valence-electron chi connectivity index (χ2n) is 6.69. The molecule has 124 valence electrons. The van der Waals surface area contributed by atoms with Crippen LogP contribution in [0.4, 0.5) is 5.69 Å². The van der Waals surface area contributed by atoms with Crippen molar-refractivity contribution in [1.29, 1.82) is 0 Å². The van der Waals surface area contributed by atoms with Gasteiger partial charge in [0, 0.05) is 44.0 Å². The fourth-order valence-electron chi connectivity index (χ4n) is 3.75. The molecule has 2 aromatic carbocycles. The van der Waals surface area contributed by atoms with E-state index in [-0.39, 0.29) is 5.91 Å². The minimum absolute atomic E-state index is 0.0636. The number of rotatable bonds is 4. The van der Waals surface area contributed by atoms with E-state index < -0.39 is 0 Å². The van der Waals surface area contributed by atoms with Gasteiger partial charge in [-0.05, 0) is 41.7 Å². The lowest BCUT2D eigenvalue weighted by Gasteiger charge is -2.19. The molecule has 2 aliphatic rings. The summed E-state index contributed by atoms with van der Waals surface area (Å²) in [6.45, 7) is 4.49. The van der Waals surface area contributed by atoms with Crippen molar-refractivity contribution in [2.45, 2.75) is 19.5 Å². The number of benzene rings is 2. The van der Waals surface area contributed by atoms with Crippen LogP contribution in [0.5, 0.6) is 0 Å². The van der Waals surface area contributed by atoms with E-state index in [0.717, 1.165) is 50.3 Å². The molecule has 4 nitrogen and oxygen atoms in total. The first-order valence-corrected chi connectivity index (χ1v) is 8.71. The molecule has 0 spiro atoms. The van der Waals surface area contributed by atoms with Gasteiger partial charge in [-0.25, -0.2) is 0 Å². The highest BCUT2D eigenvalue weighted by atomic mass is 16.1. The molecule has 2 heterocycles. The van der Waals surface area contributed by atoms with Crippen LogP contribution in [0.1, 0.15) is 27.9 Å². The zero-order valence-corrected chi connectivity index (χ0v) is 13.8. The van der Waals surface area contributed by atoms with Crippen molar-refractivity contribution in [2.24, 2.45) is 5.92 Å². The predicted octanol–water partition coefficient (Wildman–Crippen LogP) is 2.55. The summed E-state index contributed by atoms with van der Waals surface area (Å²) in [7, 11) is 0. The maximum Gasteiger partial charge on any atom is 0.251 e. The number of carbonyl (C=O) groups excluding carboxylic acids is 1. The molecule has 2 aliphatic heterocycles. The SMILES string of the molecule is O=C(NCC1CCN(c2ccccc2)C1)c1cccc2c1CNC2. The van der Waals surface area contributed by atoms with Crippen molar-refractivity contribution in [3.8, 4) is 0 Å². The van der Waals surface area contributed by atoms with Gasteiger partial charge in [-0.15, -0.1) is 0 Å². The fourth-order valence-corrected chi connectivity index (χ4v) is 3.75. The van der Waals surface area contributed by atoms with E-state index in [1.54, 1.807) is 0 Å². The van der Waals surface area contributed by atoms with Crippen molar-refractivity contribution in [3.05, 3.63) is 65.2 Å². The molecule has 1 fully saturated rings. The van der Waals surface area contributed by atoms with Gasteiger partial charge in [-0.3, -0.25) is 4.79 Å². The summed E-state index contributed by atoms with van der Waals surface area (Å²) in [6, 6.07) is 16.5. The lowest BCUT2D eigenvalue weighted by Crippen LogP contribution is -2.31. The number of anilines is 1. The Hall–Kier alpha value is -2.33. The molecule has 0 radical (unpaired) electrons. The van der Waals surface area contributed by atoms with Gasteiger partial charge in [0.25, 0.3) is 5.91 Å². The number of para-hydroxylation sites is 1. The molecule has 4 heteroatoms. The van der Waals surface area contributed by atoms with Gasteiger partial charge in [-0.1, -0.05) is 30.3 Å². The Morgan fingerprint density at radius 3 is 2.88 bits per heavy atom. The summed E-state index contributed by atoms with van der Waals surface area (Å²) < 4.78 is 0. The minimum atomic E-state index is 0.0636. The van der Waals surface area contributed by atoms with Crippen LogP contribution in [0.2, 0.25) is 0 Å². The van der Waals surface area contributed by atoms with Crippen molar-refractivity contribution in [3.63, 3.8) is 0 Å². The number of carbonyl (C=O) groups is 1. The van der Waals surface area contributed by atoms with Gasteiger partial charge >= 0.3 is 0 Å². The van der Waals surface area contributed by atoms with Crippen molar-refractivity contribution in [1.82, 2.24) is 10.6 Å². The number of hydrogen-bond donors (Lipinski definition) is 2. The quantitative estimate of drug-likeness (QED) is 0.909. The number of hydrogen-bond acceptors (Lipinski definition) is 3. The topological polar surface area (TPSA) is 44.4 Å². The summed E-state index contributed by atoms with van der Waals surface area (Å²) >= 11 is 0. The third-order valence-electron chi connectivity index (χ3n) is 5.09. The average Bonchev–Trinajstić information content (AvgIpc) is 3.29. The fraction of sp³-hybridized carbons (Fsp3) is 0.350. The van der Waals surface area contributed by atoms with Crippen LogP contribution in [0.15, 0.2) is 48.5 Å². The van der Waals surface area contributed by atoms with E-state index in [1.165, 1.54) is 11.3 Å². The molecule has 0 aliphatic carbocycles. The van der Waals surface area contributed by atoms with Crippen LogP contribution in [-0.2, 0) is 13.1 Å². The number of fused-ring (bicyclic) bond motifs is 1. The summed E-state index contributed by atoms with van der Waals surface area (Å²) in [6.07, 6.45) is 1.13. The molecular weight excluding hydrogens is 298 g/mol. The first-order valence-electron chi connectivity index (χ1n) is 8.71. The molecule has 24 heavy (non-hydrogen) atoms. The predicted molar refractivity (Wildman–Crippen MR) is 96.1 cm³/mol.